The maximum Gasteiger partial charge on any atom is 0.214 e. The first-order valence-electron chi connectivity index (χ1n) is 7.25. The summed E-state index contributed by atoms with van der Waals surface area (Å²) >= 11 is 1.56. The first-order chi connectivity index (χ1) is 11.3. The first kappa shape index (κ1) is 18.4. The Bertz CT molecular complexity index is 753. The molecule has 0 saturated carbocycles. The van der Waals surface area contributed by atoms with E-state index in [1.165, 1.54) is 6.07 Å². The summed E-state index contributed by atoms with van der Waals surface area (Å²) in [5.74, 6) is 0.613. The third-order valence-corrected chi connectivity index (χ3v) is 4.15. The Morgan fingerprint density at radius 1 is 1.04 bits per heavy atom. The molecule has 0 atom stereocenters. The molecule has 0 unspecified atom stereocenters. The van der Waals surface area contributed by atoms with Crippen LogP contribution in [0, 0.1) is 5.82 Å². The van der Waals surface area contributed by atoms with Crippen molar-refractivity contribution in [2.75, 3.05) is 12.3 Å². The minimum absolute atomic E-state index is 0. The molecule has 5 nitrogen and oxygen atoms in total. The first-order valence-corrected chi connectivity index (χ1v) is 8.24. The number of rotatable bonds is 7. The number of tetrazole rings is 1. The number of hydrogen-bond donors (Lipinski definition) is 1. The fourth-order valence-electron chi connectivity index (χ4n) is 2.08. The van der Waals surface area contributed by atoms with E-state index >= 15 is 0 Å². The van der Waals surface area contributed by atoms with E-state index in [1.807, 2.05) is 36.4 Å². The van der Waals surface area contributed by atoms with Crippen molar-refractivity contribution in [3.8, 4) is 5.69 Å². The molecule has 0 fully saturated rings. The van der Waals surface area contributed by atoms with E-state index in [9.17, 15) is 4.39 Å². The predicted molar refractivity (Wildman–Crippen MR) is 95.2 cm³/mol. The summed E-state index contributed by atoms with van der Waals surface area (Å²) < 4.78 is 15.2. The molecule has 1 N–H and O–H groups in total. The molecule has 1 aromatic heterocycles. The molecular formula is C16H17ClFN5S. The van der Waals surface area contributed by atoms with Crippen LogP contribution in [0.3, 0.4) is 0 Å². The highest BCUT2D eigenvalue weighted by Gasteiger charge is 2.08. The van der Waals surface area contributed by atoms with Crippen LogP contribution in [0.5, 0.6) is 0 Å². The molecule has 24 heavy (non-hydrogen) atoms. The summed E-state index contributed by atoms with van der Waals surface area (Å²) in [4.78, 5) is 0. The number of hydrogen-bond acceptors (Lipinski definition) is 5. The highest BCUT2D eigenvalue weighted by Crippen LogP contribution is 2.17. The molecule has 126 valence electrons. The van der Waals surface area contributed by atoms with Gasteiger partial charge in [0.05, 0.1) is 5.69 Å². The Hall–Kier alpha value is -1.96. The van der Waals surface area contributed by atoms with Gasteiger partial charge in [0.1, 0.15) is 5.82 Å². The van der Waals surface area contributed by atoms with Gasteiger partial charge in [-0.1, -0.05) is 48.2 Å². The summed E-state index contributed by atoms with van der Waals surface area (Å²) in [5, 5.41) is 15.7. The van der Waals surface area contributed by atoms with E-state index in [-0.39, 0.29) is 18.2 Å². The number of aromatic nitrogens is 4. The van der Waals surface area contributed by atoms with Crippen molar-refractivity contribution in [2.24, 2.45) is 0 Å². The van der Waals surface area contributed by atoms with Gasteiger partial charge in [0, 0.05) is 24.4 Å². The second-order valence-corrected chi connectivity index (χ2v) is 5.89. The molecule has 3 aromatic rings. The molecule has 0 bridgehead atoms. The van der Waals surface area contributed by atoms with Gasteiger partial charge in [0.2, 0.25) is 5.16 Å². The van der Waals surface area contributed by atoms with Gasteiger partial charge in [0.15, 0.2) is 0 Å². The fraction of sp³-hybridized carbons (Fsp3) is 0.188. The highest BCUT2D eigenvalue weighted by atomic mass is 35.5. The lowest BCUT2D eigenvalue weighted by atomic mass is 10.2. The molecule has 0 amide bonds. The summed E-state index contributed by atoms with van der Waals surface area (Å²) in [6.07, 6.45) is 0. The molecule has 0 saturated heterocycles. The van der Waals surface area contributed by atoms with Crippen LogP contribution in [0.25, 0.3) is 5.69 Å². The fourth-order valence-corrected chi connectivity index (χ4v) is 2.87. The Morgan fingerprint density at radius 3 is 2.58 bits per heavy atom. The average molecular weight is 366 g/mol. The van der Waals surface area contributed by atoms with Crippen molar-refractivity contribution in [2.45, 2.75) is 11.7 Å². The molecule has 0 aliphatic heterocycles. The van der Waals surface area contributed by atoms with Crippen molar-refractivity contribution in [3.05, 3.63) is 66.0 Å². The van der Waals surface area contributed by atoms with Crippen LogP contribution in [0.1, 0.15) is 5.56 Å². The van der Waals surface area contributed by atoms with Crippen molar-refractivity contribution < 1.29 is 4.39 Å². The number of nitrogens with one attached hydrogen (secondary N) is 1. The van der Waals surface area contributed by atoms with Crippen LogP contribution < -0.4 is 5.32 Å². The number of nitrogens with zero attached hydrogens (tertiary/aromatic N) is 4. The molecule has 8 heteroatoms. The van der Waals surface area contributed by atoms with Crippen LogP contribution in [0.2, 0.25) is 0 Å². The standard InChI is InChI=1S/C16H16FN5S.ClH/c17-15-9-5-4-6-13(15)12-18-10-11-23-16-19-20-21-22(16)14-7-2-1-3-8-14;/h1-9,18H,10-12H2;1H. The zero-order valence-corrected chi connectivity index (χ0v) is 14.4. The maximum atomic E-state index is 13.5. The van der Waals surface area contributed by atoms with Crippen LogP contribution in [0.15, 0.2) is 59.8 Å². The van der Waals surface area contributed by atoms with Gasteiger partial charge in [-0.2, -0.15) is 4.68 Å². The average Bonchev–Trinajstić information content (AvgIpc) is 3.05. The monoisotopic (exact) mass is 365 g/mol. The lowest BCUT2D eigenvalue weighted by Crippen LogP contribution is -2.17. The van der Waals surface area contributed by atoms with Crippen LogP contribution >= 0.6 is 24.2 Å². The number of para-hydroxylation sites is 1. The number of halogens is 2. The second kappa shape index (κ2) is 9.36. The quantitative estimate of drug-likeness (QED) is 0.515. The van der Waals surface area contributed by atoms with E-state index in [0.29, 0.717) is 12.1 Å². The summed E-state index contributed by atoms with van der Waals surface area (Å²) in [6.45, 7) is 1.25. The summed E-state index contributed by atoms with van der Waals surface area (Å²) in [5.41, 5.74) is 1.60. The normalized spacial score (nSPS) is 10.4. The van der Waals surface area contributed by atoms with Gasteiger partial charge in [0.25, 0.3) is 0 Å². The third kappa shape index (κ3) is 4.77. The largest absolute Gasteiger partial charge is 0.312 e. The van der Waals surface area contributed by atoms with E-state index < -0.39 is 0 Å². The van der Waals surface area contributed by atoms with Crippen LogP contribution in [-0.2, 0) is 6.54 Å². The van der Waals surface area contributed by atoms with Crippen molar-refractivity contribution in [3.63, 3.8) is 0 Å². The Kier molecular flexibility index (Phi) is 7.17. The molecule has 0 aliphatic rings. The van der Waals surface area contributed by atoms with E-state index in [1.54, 1.807) is 28.6 Å². The van der Waals surface area contributed by atoms with Crippen molar-refractivity contribution in [1.29, 1.82) is 0 Å². The minimum Gasteiger partial charge on any atom is -0.312 e. The van der Waals surface area contributed by atoms with Gasteiger partial charge < -0.3 is 5.32 Å². The smallest absolute Gasteiger partial charge is 0.214 e. The third-order valence-electron chi connectivity index (χ3n) is 3.22. The van der Waals surface area contributed by atoms with Gasteiger partial charge in [-0.15, -0.1) is 17.5 Å². The predicted octanol–water partition coefficient (Wildman–Crippen LogP) is 3.11. The van der Waals surface area contributed by atoms with Gasteiger partial charge in [-0.05, 0) is 28.6 Å². The topological polar surface area (TPSA) is 55.6 Å². The van der Waals surface area contributed by atoms with Gasteiger partial charge in [-0.3, -0.25) is 0 Å². The zero-order valence-electron chi connectivity index (χ0n) is 12.8. The lowest BCUT2D eigenvalue weighted by molar-refractivity contribution is 0.594. The second-order valence-electron chi connectivity index (χ2n) is 4.83. The highest BCUT2D eigenvalue weighted by molar-refractivity contribution is 7.99. The van der Waals surface area contributed by atoms with E-state index in [2.05, 4.69) is 20.8 Å². The molecule has 0 radical (unpaired) electrons. The molecule has 1 heterocycles. The van der Waals surface area contributed by atoms with Gasteiger partial charge >= 0.3 is 0 Å². The Morgan fingerprint density at radius 2 is 1.79 bits per heavy atom. The Labute approximate surface area is 150 Å². The molecule has 0 aliphatic carbocycles. The molecule has 2 aromatic carbocycles. The molecule has 0 spiro atoms. The Balaban J connectivity index is 0.00000208. The maximum absolute atomic E-state index is 13.5. The van der Waals surface area contributed by atoms with E-state index in [0.717, 1.165) is 23.1 Å². The number of thioether (sulfide) groups is 1. The minimum atomic E-state index is -0.180. The lowest BCUT2D eigenvalue weighted by Gasteiger charge is -2.06. The van der Waals surface area contributed by atoms with Crippen molar-refractivity contribution >= 4 is 24.2 Å². The van der Waals surface area contributed by atoms with Crippen LogP contribution in [-0.4, -0.2) is 32.5 Å². The SMILES string of the molecule is Cl.Fc1ccccc1CNCCSc1nnnn1-c1ccccc1. The summed E-state index contributed by atoms with van der Waals surface area (Å²) in [6, 6.07) is 16.5. The van der Waals surface area contributed by atoms with Gasteiger partial charge in [-0.25, -0.2) is 4.39 Å². The molecule has 3 rings (SSSR count). The summed E-state index contributed by atoms with van der Waals surface area (Å²) in [7, 11) is 0. The zero-order chi connectivity index (χ0) is 15.9. The van der Waals surface area contributed by atoms with Crippen LogP contribution in [0.4, 0.5) is 4.39 Å². The van der Waals surface area contributed by atoms with E-state index in [4.69, 9.17) is 0 Å². The number of benzene rings is 2. The van der Waals surface area contributed by atoms with Crippen molar-refractivity contribution in [1.82, 2.24) is 25.5 Å². The molecular weight excluding hydrogens is 349 g/mol.